The molecule has 1 N–H and O–H groups in total. The number of nitrogens with one attached hydrogen (secondary N) is 1. The fourth-order valence-corrected chi connectivity index (χ4v) is 4.86. The minimum Gasteiger partial charge on any atom is -0.493 e. The van der Waals surface area contributed by atoms with Gasteiger partial charge in [0.1, 0.15) is 11.6 Å². The summed E-state index contributed by atoms with van der Waals surface area (Å²) in [5.41, 5.74) is 1.24. The standard InChI is InChI=1S/C29H36FN3O2/c1-32(2)14-6-13-31-29(34)26-16-23(21-35-28-10-5-9-27(30)17-28)19-33(20-26)18-22-11-12-24-7-3-4-8-25(24)15-22/h3-5,7-12,15,17,23,26H,6,13-14,16,18-21H2,1-2H3,(H,31,34)/t23-,26+/m0/s1. The molecule has 4 rings (SSSR count). The fourth-order valence-electron chi connectivity index (χ4n) is 4.86. The molecule has 1 saturated heterocycles. The highest BCUT2D eigenvalue weighted by Crippen LogP contribution is 2.26. The van der Waals surface area contributed by atoms with Crippen LogP contribution in [-0.2, 0) is 11.3 Å². The van der Waals surface area contributed by atoms with Crippen molar-refractivity contribution in [3.05, 3.63) is 78.1 Å². The van der Waals surface area contributed by atoms with Gasteiger partial charge in [0.25, 0.3) is 0 Å². The van der Waals surface area contributed by atoms with Crippen LogP contribution in [0.1, 0.15) is 18.4 Å². The first kappa shape index (κ1) is 25.1. The van der Waals surface area contributed by atoms with Crippen molar-refractivity contribution in [1.29, 1.82) is 0 Å². The topological polar surface area (TPSA) is 44.8 Å². The number of likely N-dealkylation sites (tertiary alicyclic amines) is 1. The monoisotopic (exact) mass is 477 g/mol. The lowest BCUT2D eigenvalue weighted by molar-refractivity contribution is -0.127. The smallest absolute Gasteiger partial charge is 0.224 e. The fraction of sp³-hybridized carbons (Fsp3) is 0.414. The van der Waals surface area contributed by atoms with Crippen LogP contribution in [0.5, 0.6) is 5.75 Å². The molecule has 0 saturated carbocycles. The van der Waals surface area contributed by atoms with Crippen LogP contribution in [-0.4, -0.2) is 62.6 Å². The Bertz CT molecular complexity index is 1120. The first-order valence-corrected chi connectivity index (χ1v) is 12.5. The summed E-state index contributed by atoms with van der Waals surface area (Å²) in [5, 5.41) is 5.59. The molecule has 1 amide bonds. The minimum absolute atomic E-state index is 0.0929. The van der Waals surface area contributed by atoms with E-state index in [1.807, 2.05) is 14.1 Å². The summed E-state index contributed by atoms with van der Waals surface area (Å²) in [6, 6.07) is 21.2. The van der Waals surface area contributed by atoms with Gasteiger partial charge >= 0.3 is 0 Å². The number of fused-ring (bicyclic) bond motifs is 1. The minimum atomic E-state index is -0.306. The SMILES string of the molecule is CN(C)CCCNC(=O)[C@@H]1C[C@H](COc2cccc(F)c2)CN(Cc2ccc3ccccc3c2)C1. The van der Waals surface area contributed by atoms with Gasteiger partial charge in [-0.15, -0.1) is 0 Å². The highest BCUT2D eigenvalue weighted by molar-refractivity contribution is 5.83. The van der Waals surface area contributed by atoms with E-state index >= 15 is 0 Å². The Morgan fingerprint density at radius 1 is 1.06 bits per heavy atom. The van der Waals surface area contributed by atoms with Crippen LogP contribution in [0.2, 0.25) is 0 Å². The molecule has 0 aliphatic carbocycles. The summed E-state index contributed by atoms with van der Waals surface area (Å²) in [5.74, 6) is 0.429. The van der Waals surface area contributed by atoms with E-state index in [9.17, 15) is 9.18 Å². The van der Waals surface area contributed by atoms with Crippen LogP contribution in [0.3, 0.4) is 0 Å². The number of amides is 1. The van der Waals surface area contributed by atoms with Crippen LogP contribution < -0.4 is 10.1 Å². The molecule has 0 radical (unpaired) electrons. The molecule has 0 spiro atoms. The number of carbonyl (C=O) groups is 1. The van der Waals surface area contributed by atoms with E-state index in [1.165, 1.54) is 28.5 Å². The van der Waals surface area contributed by atoms with Crippen molar-refractivity contribution in [2.45, 2.75) is 19.4 Å². The van der Waals surface area contributed by atoms with E-state index in [1.54, 1.807) is 12.1 Å². The maximum atomic E-state index is 13.6. The first-order valence-electron chi connectivity index (χ1n) is 12.5. The molecule has 6 heteroatoms. The normalized spacial score (nSPS) is 18.6. The van der Waals surface area contributed by atoms with Crippen molar-refractivity contribution in [2.75, 3.05) is 46.9 Å². The summed E-state index contributed by atoms with van der Waals surface area (Å²) in [6.45, 7) is 4.44. The molecule has 35 heavy (non-hydrogen) atoms. The van der Waals surface area contributed by atoms with E-state index in [0.29, 0.717) is 18.9 Å². The Balaban J connectivity index is 1.42. The van der Waals surface area contributed by atoms with Gasteiger partial charge in [0.2, 0.25) is 5.91 Å². The van der Waals surface area contributed by atoms with Crippen molar-refractivity contribution in [2.24, 2.45) is 11.8 Å². The predicted molar refractivity (Wildman–Crippen MR) is 139 cm³/mol. The van der Waals surface area contributed by atoms with Crippen molar-refractivity contribution < 1.29 is 13.9 Å². The average molecular weight is 478 g/mol. The Morgan fingerprint density at radius 3 is 2.69 bits per heavy atom. The molecule has 3 aromatic rings. The molecule has 3 aromatic carbocycles. The summed E-state index contributed by atoms with van der Waals surface area (Å²) in [6.07, 6.45) is 1.70. The van der Waals surface area contributed by atoms with Gasteiger partial charge in [0, 0.05) is 38.2 Å². The predicted octanol–water partition coefficient (Wildman–Crippen LogP) is 4.56. The molecular formula is C29H36FN3O2. The summed E-state index contributed by atoms with van der Waals surface area (Å²) < 4.78 is 19.5. The van der Waals surface area contributed by atoms with Crippen LogP contribution in [0, 0.1) is 17.7 Å². The zero-order valence-corrected chi connectivity index (χ0v) is 20.8. The number of rotatable bonds is 10. The van der Waals surface area contributed by atoms with Crippen LogP contribution in [0.15, 0.2) is 66.7 Å². The number of halogens is 1. The lowest BCUT2D eigenvalue weighted by Gasteiger charge is -2.37. The van der Waals surface area contributed by atoms with E-state index in [0.717, 1.165) is 39.0 Å². The third-order valence-corrected chi connectivity index (χ3v) is 6.57. The quantitative estimate of drug-likeness (QED) is 0.435. The molecule has 2 atom stereocenters. The second-order valence-corrected chi connectivity index (χ2v) is 9.89. The van der Waals surface area contributed by atoms with Crippen molar-refractivity contribution in [3.63, 3.8) is 0 Å². The maximum Gasteiger partial charge on any atom is 0.224 e. The third kappa shape index (κ3) is 7.51. The van der Waals surface area contributed by atoms with Crippen LogP contribution in [0.25, 0.3) is 10.8 Å². The largest absolute Gasteiger partial charge is 0.493 e. The Kier molecular flexibility index (Phi) is 8.72. The summed E-state index contributed by atoms with van der Waals surface area (Å²) in [4.78, 5) is 17.5. The first-order chi connectivity index (χ1) is 17.0. The molecule has 5 nitrogen and oxygen atoms in total. The van der Waals surface area contributed by atoms with Gasteiger partial charge in [-0.2, -0.15) is 0 Å². The zero-order chi connectivity index (χ0) is 24.6. The van der Waals surface area contributed by atoms with Gasteiger partial charge in [-0.1, -0.05) is 42.5 Å². The van der Waals surface area contributed by atoms with Gasteiger partial charge in [-0.05, 0) is 68.0 Å². The number of benzene rings is 3. The average Bonchev–Trinajstić information content (AvgIpc) is 2.85. The van der Waals surface area contributed by atoms with Crippen LogP contribution >= 0.6 is 0 Å². The lowest BCUT2D eigenvalue weighted by Crippen LogP contribution is -2.47. The van der Waals surface area contributed by atoms with Gasteiger partial charge in [0.05, 0.1) is 12.5 Å². The Morgan fingerprint density at radius 2 is 1.89 bits per heavy atom. The molecule has 1 aliphatic rings. The van der Waals surface area contributed by atoms with Gasteiger partial charge in [-0.25, -0.2) is 4.39 Å². The van der Waals surface area contributed by atoms with E-state index < -0.39 is 0 Å². The number of piperidine rings is 1. The molecule has 0 bridgehead atoms. The van der Waals surface area contributed by atoms with Gasteiger partial charge < -0.3 is 15.0 Å². The number of hydrogen-bond acceptors (Lipinski definition) is 4. The lowest BCUT2D eigenvalue weighted by atomic mass is 9.88. The molecule has 1 aliphatic heterocycles. The second kappa shape index (κ2) is 12.1. The summed E-state index contributed by atoms with van der Waals surface area (Å²) >= 11 is 0. The van der Waals surface area contributed by atoms with Crippen molar-refractivity contribution in [1.82, 2.24) is 15.1 Å². The summed E-state index contributed by atoms with van der Waals surface area (Å²) in [7, 11) is 4.08. The number of nitrogens with zero attached hydrogens (tertiary/aromatic N) is 2. The molecule has 1 heterocycles. The second-order valence-electron chi connectivity index (χ2n) is 9.89. The number of carbonyl (C=O) groups excluding carboxylic acids is 1. The highest BCUT2D eigenvalue weighted by atomic mass is 19.1. The van der Waals surface area contributed by atoms with Crippen molar-refractivity contribution in [3.8, 4) is 5.75 Å². The molecule has 186 valence electrons. The van der Waals surface area contributed by atoms with Crippen LogP contribution in [0.4, 0.5) is 4.39 Å². The highest BCUT2D eigenvalue weighted by Gasteiger charge is 2.32. The maximum absolute atomic E-state index is 13.6. The van der Waals surface area contributed by atoms with Crippen molar-refractivity contribution >= 4 is 16.7 Å². The Labute approximate surface area is 207 Å². The van der Waals surface area contributed by atoms with Gasteiger partial charge in [-0.3, -0.25) is 9.69 Å². The molecule has 0 aromatic heterocycles. The van der Waals surface area contributed by atoms with Gasteiger partial charge in [0.15, 0.2) is 0 Å². The zero-order valence-electron chi connectivity index (χ0n) is 20.8. The molecule has 1 fully saturated rings. The number of ether oxygens (including phenoxy) is 1. The third-order valence-electron chi connectivity index (χ3n) is 6.57. The number of hydrogen-bond donors (Lipinski definition) is 1. The molecular weight excluding hydrogens is 441 g/mol. The van der Waals surface area contributed by atoms with E-state index in [-0.39, 0.29) is 23.6 Å². The molecule has 0 unspecified atom stereocenters. The Hall–Kier alpha value is -2.96. The van der Waals surface area contributed by atoms with E-state index in [4.69, 9.17) is 4.74 Å². The van der Waals surface area contributed by atoms with E-state index in [2.05, 4.69) is 57.6 Å².